The maximum absolute atomic E-state index is 11.9. The Balaban J connectivity index is 1.37. The molecule has 0 saturated carbocycles. The van der Waals surface area contributed by atoms with E-state index in [1.165, 1.54) is 12.4 Å². The second kappa shape index (κ2) is 8.97. The van der Waals surface area contributed by atoms with Crippen molar-refractivity contribution in [1.29, 1.82) is 0 Å². The average Bonchev–Trinajstić information content (AvgIpc) is 2.82. The van der Waals surface area contributed by atoms with Crippen LogP contribution < -0.4 is 10.9 Å². The van der Waals surface area contributed by atoms with Crippen LogP contribution in [0.15, 0.2) is 83.0 Å². The van der Waals surface area contributed by atoms with Crippen LogP contribution in [0.25, 0.3) is 21.5 Å². The number of rotatable bonds is 4. The van der Waals surface area contributed by atoms with Crippen molar-refractivity contribution in [3.05, 3.63) is 83.9 Å². The number of hydrogen-bond acceptors (Lipinski definition) is 6. The van der Waals surface area contributed by atoms with E-state index >= 15 is 0 Å². The van der Waals surface area contributed by atoms with E-state index in [2.05, 4.69) is 21.1 Å². The number of hydrazone groups is 2. The number of benzene rings is 4. The Bertz CT molecular complexity index is 1290. The molecular weight excluding hydrogens is 408 g/mol. The summed E-state index contributed by atoms with van der Waals surface area (Å²) in [5.74, 6) is -2.04. The first-order valence-electron chi connectivity index (χ1n) is 9.62. The fraction of sp³-hybridized carbons (Fsp3) is 0. The second-order valence-electron chi connectivity index (χ2n) is 6.85. The topological polar surface area (TPSA) is 123 Å². The molecule has 0 aliphatic rings. The number of fused-ring (bicyclic) bond motifs is 2. The molecule has 32 heavy (non-hydrogen) atoms. The Morgan fingerprint density at radius 1 is 0.625 bits per heavy atom. The molecule has 0 unspecified atom stereocenters. The van der Waals surface area contributed by atoms with E-state index in [0.717, 1.165) is 10.8 Å². The smallest absolute Gasteiger partial charge is 0.331 e. The van der Waals surface area contributed by atoms with E-state index in [9.17, 15) is 19.8 Å². The van der Waals surface area contributed by atoms with Gasteiger partial charge in [-0.25, -0.2) is 10.9 Å². The maximum atomic E-state index is 11.9. The Labute approximate surface area is 182 Å². The van der Waals surface area contributed by atoms with Gasteiger partial charge in [0.1, 0.15) is 11.5 Å². The van der Waals surface area contributed by atoms with Crippen LogP contribution in [0, 0.1) is 0 Å². The number of phenolic OH excluding ortho intramolecular Hbond substituents is 2. The van der Waals surface area contributed by atoms with Crippen LogP contribution in [-0.4, -0.2) is 34.5 Å². The minimum absolute atomic E-state index is 0.0188. The zero-order valence-electron chi connectivity index (χ0n) is 16.7. The molecule has 2 amide bonds. The van der Waals surface area contributed by atoms with Gasteiger partial charge in [-0.15, -0.1) is 0 Å². The third-order valence-electron chi connectivity index (χ3n) is 4.81. The lowest BCUT2D eigenvalue weighted by molar-refractivity contribution is -0.139. The summed E-state index contributed by atoms with van der Waals surface area (Å²) in [7, 11) is 0. The van der Waals surface area contributed by atoms with Crippen molar-refractivity contribution in [2.45, 2.75) is 0 Å². The number of aromatic hydroxyl groups is 2. The van der Waals surface area contributed by atoms with E-state index < -0.39 is 11.8 Å². The molecule has 4 rings (SSSR count). The molecule has 0 heterocycles. The van der Waals surface area contributed by atoms with Crippen molar-refractivity contribution in [2.24, 2.45) is 10.2 Å². The summed E-state index contributed by atoms with van der Waals surface area (Å²) in [6.45, 7) is 0. The van der Waals surface area contributed by atoms with Gasteiger partial charge in [0.2, 0.25) is 0 Å². The van der Waals surface area contributed by atoms with Gasteiger partial charge < -0.3 is 10.2 Å². The Hall–Kier alpha value is -4.72. The third-order valence-corrected chi connectivity index (χ3v) is 4.81. The van der Waals surface area contributed by atoms with Crippen molar-refractivity contribution in [3.63, 3.8) is 0 Å². The van der Waals surface area contributed by atoms with Gasteiger partial charge >= 0.3 is 11.8 Å². The normalized spacial score (nSPS) is 11.4. The monoisotopic (exact) mass is 426 g/mol. The van der Waals surface area contributed by atoms with Crippen molar-refractivity contribution >= 4 is 45.8 Å². The number of phenols is 2. The van der Waals surface area contributed by atoms with Gasteiger partial charge in [-0.05, 0) is 22.9 Å². The van der Waals surface area contributed by atoms with Crippen molar-refractivity contribution in [3.8, 4) is 11.5 Å². The molecule has 0 spiro atoms. The Morgan fingerprint density at radius 3 is 1.47 bits per heavy atom. The Morgan fingerprint density at radius 2 is 1.03 bits per heavy atom. The lowest BCUT2D eigenvalue weighted by Gasteiger charge is -2.04. The molecule has 0 saturated heterocycles. The minimum atomic E-state index is -1.04. The third kappa shape index (κ3) is 4.24. The highest BCUT2D eigenvalue weighted by atomic mass is 16.3. The predicted octanol–water partition coefficient (Wildman–Crippen LogP) is 3.00. The van der Waals surface area contributed by atoms with Crippen LogP contribution >= 0.6 is 0 Å². The largest absolute Gasteiger partial charge is 0.507 e. The molecule has 4 aromatic rings. The molecule has 8 nitrogen and oxygen atoms in total. The Kier molecular flexibility index (Phi) is 5.76. The van der Waals surface area contributed by atoms with Crippen LogP contribution in [0.1, 0.15) is 11.1 Å². The highest BCUT2D eigenvalue weighted by Gasteiger charge is 2.12. The molecule has 158 valence electrons. The highest BCUT2D eigenvalue weighted by molar-refractivity contribution is 6.35. The number of nitrogens with one attached hydrogen (secondary N) is 2. The second-order valence-corrected chi connectivity index (χ2v) is 6.85. The summed E-state index contributed by atoms with van der Waals surface area (Å²) in [6, 6.07) is 21.5. The molecular formula is C24H18N4O4. The highest BCUT2D eigenvalue weighted by Crippen LogP contribution is 2.28. The summed E-state index contributed by atoms with van der Waals surface area (Å²) >= 11 is 0. The van der Waals surface area contributed by atoms with Crippen LogP contribution in [0.5, 0.6) is 11.5 Å². The fourth-order valence-corrected chi connectivity index (χ4v) is 3.17. The summed E-state index contributed by atoms with van der Waals surface area (Å²) < 4.78 is 0. The molecule has 4 aromatic carbocycles. The van der Waals surface area contributed by atoms with Crippen LogP contribution in [0.3, 0.4) is 0 Å². The van der Waals surface area contributed by atoms with Gasteiger partial charge in [0.15, 0.2) is 0 Å². The van der Waals surface area contributed by atoms with Gasteiger partial charge in [-0.1, -0.05) is 60.7 Å². The zero-order chi connectivity index (χ0) is 22.5. The minimum Gasteiger partial charge on any atom is -0.507 e. The number of hydrogen-bond donors (Lipinski definition) is 4. The summed E-state index contributed by atoms with van der Waals surface area (Å²) in [5.41, 5.74) is 4.92. The standard InChI is InChI=1S/C24H18N4O4/c29-21-17(11-9-15-5-1-3-7-19(15)21)13-25-27-23(31)24(32)28-26-14-18-12-10-16-6-2-4-8-20(16)22(18)30/h1-14,29-30H,(H,27,31)(H,28,32)/b25-13-,26-14-. The van der Waals surface area contributed by atoms with E-state index in [0.29, 0.717) is 21.9 Å². The van der Waals surface area contributed by atoms with Crippen LogP contribution in [0.2, 0.25) is 0 Å². The number of carbonyl (C=O) groups excluding carboxylic acids is 2. The van der Waals surface area contributed by atoms with Gasteiger partial charge in [0.05, 0.1) is 12.4 Å². The van der Waals surface area contributed by atoms with E-state index in [1.54, 1.807) is 36.4 Å². The van der Waals surface area contributed by atoms with Crippen molar-refractivity contribution in [2.75, 3.05) is 0 Å². The predicted molar refractivity (Wildman–Crippen MR) is 123 cm³/mol. The van der Waals surface area contributed by atoms with Gasteiger partial charge in [-0.3, -0.25) is 9.59 Å². The summed E-state index contributed by atoms with van der Waals surface area (Å²) in [4.78, 5) is 23.8. The molecule has 0 radical (unpaired) electrons. The van der Waals surface area contributed by atoms with Gasteiger partial charge in [0, 0.05) is 21.9 Å². The quantitative estimate of drug-likeness (QED) is 0.228. The molecule has 0 aromatic heterocycles. The maximum Gasteiger partial charge on any atom is 0.331 e. The molecule has 0 aliphatic carbocycles. The zero-order valence-corrected chi connectivity index (χ0v) is 16.7. The van der Waals surface area contributed by atoms with Crippen molar-refractivity contribution < 1.29 is 19.8 Å². The summed E-state index contributed by atoms with van der Waals surface area (Å²) in [5, 5.41) is 31.1. The first-order chi connectivity index (χ1) is 15.5. The SMILES string of the molecule is O=C(N/N=C\c1ccc2ccccc2c1O)C(=O)N/N=C\c1ccc2ccccc2c1O. The first kappa shape index (κ1) is 20.5. The lowest BCUT2D eigenvalue weighted by atomic mass is 10.1. The number of amides is 2. The van der Waals surface area contributed by atoms with E-state index in [-0.39, 0.29) is 11.5 Å². The van der Waals surface area contributed by atoms with Crippen molar-refractivity contribution in [1.82, 2.24) is 10.9 Å². The molecule has 0 bridgehead atoms. The lowest BCUT2D eigenvalue weighted by Crippen LogP contribution is -2.35. The molecule has 0 fully saturated rings. The molecule has 8 heteroatoms. The van der Waals surface area contributed by atoms with E-state index in [1.807, 2.05) is 36.4 Å². The van der Waals surface area contributed by atoms with Gasteiger partial charge in [0.25, 0.3) is 0 Å². The average molecular weight is 426 g/mol. The number of carbonyl (C=O) groups is 2. The number of nitrogens with zero attached hydrogens (tertiary/aromatic N) is 2. The van der Waals surface area contributed by atoms with Gasteiger partial charge in [-0.2, -0.15) is 10.2 Å². The summed E-state index contributed by atoms with van der Waals surface area (Å²) in [6.07, 6.45) is 2.48. The molecule has 0 aliphatic heterocycles. The van der Waals surface area contributed by atoms with Crippen LogP contribution in [0.4, 0.5) is 0 Å². The first-order valence-corrected chi connectivity index (χ1v) is 9.62. The fourth-order valence-electron chi connectivity index (χ4n) is 3.17. The van der Waals surface area contributed by atoms with Crippen LogP contribution in [-0.2, 0) is 9.59 Å². The molecule has 0 atom stereocenters. The van der Waals surface area contributed by atoms with E-state index in [4.69, 9.17) is 0 Å². The molecule has 4 N–H and O–H groups in total.